The largest absolute Gasteiger partial charge is 0.384 e. The van der Waals surface area contributed by atoms with E-state index in [9.17, 15) is 18.4 Å². The summed E-state index contributed by atoms with van der Waals surface area (Å²) in [6.45, 7) is 2.34. The van der Waals surface area contributed by atoms with Crippen molar-refractivity contribution in [2.45, 2.75) is 45.1 Å². The second-order valence-electron chi connectivity index (χ2n) is 8.90. The normalized spacial score (nSPS) is 26.1. The van der Waals surface area contributed by atoms with Crippen LogP contribution in [0.25, 0.3) is 0 Å². The van der Waals surface area contributed by atoms with Crippen molar-refractivity contribution in [1.29, 1.82) is 0 Å². The van der Waals surface area contributed by atoms with Crippen molar-refractivity contribution in [3.8, 4) is 0 Å². The third-order valence-electron chi connectivity index (χ3n) is 7.01. The number of nitrogens with zero attached hydrogens (tertiary/aromatic N) is 2. The monoisotopic (exact) mass is 406 g/mol. The molecule has 0 bridgehead atoms. The number of benzene rings is 1. The van der Waals surface area contributed by atoms with Crippen LogP contribution in [0, 0.1) is 22.5 Å². The Kier molecular flexibility index (Phi) is 5.36. The van der Waals surface area contributed by atoms with Crippen molar-refractivity contribution >= 4 is 11.8 Å². The molecule has 4 rings (SSSR count). The molecule has 1 aromatic carbocycles. The van der Waals surface area contributed by atoms with E-state index in [1.165, 1.54) is 6.07 Å². The minimum Gasteiger partial charge on any atom is -0.384 e. The molecule has 2 heterocycles. The molecule has 1 saturated carbocycles. The zero-order valence-electron chi connectivity index (χ0n) is 16.9. The standard InChI is InChI=1S/C22H28F2N2O3/c1-29-15-22(6-2-7-22)20(28)26-11-9-21(14-26)8-3-10-25(19(21)27)13-16-4-5-17(23)18(24)12-16/h4-5,12H,2-3,6-11,13-15H2,1H3/t21-/m0/s1. The van der Waals surface area contributed by atoms with Gasteiger partial charge in [0.05, 0.1) is 17.4 Å². The molecule has 1 aliphatic carbocycles. The molecule has 2 aliphatic heterocycles. The minimum atomic E-state index is -0.900. The van der Waals surface area contributed by atoms with Crippen LogP contribution in [0.1, 0.15) is 44.1 Å². The van der Waals surface area contributed by atoms with E-state index in [-0.39, 0.29) is 18.4 Å². The van der Waals surface area contributed by atoms with Gasteiger partial charge in [0.25, 0.3) is 0 Å². The van der Waals surface area contributed by atoms with E-state index >= 15 is 0 Å². The van der Waals surface area contributed by atoms with E-state index in [0.717, 1.165) is 44.2 Å². The number of rotatable bonds is 5. The fraction of sp³-hybridized carbons (Fsp3) is 0.636. The predicted octanol–water partition coefficient (Wildman–Crippen LogP) is 3.12. The minimum absolute atomic E-state index is 0.0261. The molecule has 2 amide bonds. The number of ether oxygens (including phenoxy) is 1. The lowest BCUT2D eigenvalue weighted by Gasteiger charge is -2.43. The fourth-order valence-electron chi connectivity index (χ4n) is 5.22. The van der Waals surface area contributed by atoms with E-state index in [4.69, 9.17) is 4.74 Å². The predicted molar refractivity (Wildman–Crippen MR) is 103 cm³/mol. The van der Waals surface area contributed by atoms with Crippen LogP contribution in [0.15, 0.2) is 18.2 Å². The van der Waals surface area contributed by atoms with Gasteiger partial charge < -0.3 is 14.5 Å². The van der Waals surface area contributed by atoms with Crippen LogP contribution < -0.4 is 0 Å². The summed E-state index contributed by atoms with van der Waals surface area (Å²) in [5.41, 5.74) is -0.387. The number of methoxy groups -OCH3 is 1. The highest BCUT2D eigenvalue weighted by Crippen LogP contribution is 2.46. The summed E-state index contributed by atoms with van der Waals surface area (Å²) in [6, 6.07) is 3.76. The molecule has 1 atom stereocenters. The first kappa shape index (κ1) is 20.3. The van der Waals surface area contributed by atoms with E-state index in [2.05, 4.69) is 0 Å². The molecule has 2 saturated heterocycles. The topological polar surface area (TPSA) is 49.9 Å². The molecular formula is C22H28F2N2O3. The zero-order chi connectivity index (χ0) is 20.6. The smallest absolute Gasteiger partial charge is 0.231 e. The van der Waals surface area contributed by atoms with Crippen LogP contribution in [0.5, 0.6) is 0 Å². The lowest BCUT2D eigenvalue weighted by molar-refractivity contribution is -0.153. The first-order valence-electron chi connectivity index (χ1n) is 10.4. The van der Waals surface area contributed by atoms with Crippen molar-refractivity contribution in [3.05, 3.63) is 35.4 Å². The van der Waals surface area contributed by atoms with Crippen LogP contribution in [-0.2, 0) is 20.9 Å². The van der Waals surface area contributed by atoms with Gasteiger partial charge in [-0.1, -0.05) is 12.5 Å². The summed E-state index contributed by atoms with van der Waals surface area (Å²) < 4.78 is 32.1. The summed E-state index contributed by atoms with van der Waals surface area (Å²) in [7, 11) is 1.62. The number of likely N-dealkylation sites (tertiary alicyclic amines) is 2. The van der Waals surface area contributed by atoms with Crippen LogP contribution >= 0.6 is 0 Å². The Morgan fingerprint density at radius 3 is 2.55 bits per heavy atom. The van der Waals surface area contributed by atoms with Crippen molar-refractivity contribution < 1.29 is 23.1 Å². The van der Waals surface area contributed by atoms with Gasteiger partial charge in [-0.15, -0.1) is 0 Å². The summed E-state index contributed by atoms with van der Waals surface area (Å²) in [6.07, 6.45) is 5.00. The van der Waals surface area contributed by atoms with Crippen molar-refractivity contribution in [1.82, 2.24) is 9.80 Å². The number of amides is 2. The molecule has 0 aromatic heterocycles. The van der Waals surface area contributed by atoms with Gasteiger partial charge >= 0.3 is 0 Å². The molecule has 0 unspecified atom stereocenters. The van der Waals surface area contributed by atoms with Gasteiger partial charge in [0, 0.05) is 33.3 Å². The summed E-state index contributed by atoms with van der Waals surface area (Å²) in [5, 5.41) is 0. The molecule has 5 nitrogen and oxygen atoms in total. The van der Waals surface area contributed by atoms with Crippen molar-refractivity contribution in [3.63, 3.8) is 0 Å². The van der Waals surface area contributed by atoms with Gasteiger partial charge in [-0.25, -0.2) is 8.78 Å². The Balaban J connectivity index is 1.46. The Labute approximate surface area is 170 Å². The van der Waals surface area contributed by atoms with E-state index < -0.39 is 22.5 Å². The number of carbonyl (C=O) groups is 2. The van der Waals surface area contributed by atoms with Crippen LogP contribution in [0.4, 0.5) is 8.78 Å². The lowest BCUT2D eigenvalue weighted by atomic mass is 9.68. The molecule has 158 valence electrons. The third kappa shape index (κ3) is 3.54. The third-order valence-corrected chi connectivity index (χ3v) is 7.01. The van der Waals surface area contributed by atoms with E-state index in [0.29, 0.717) is 38.2 Å². The molecule has 7 heteroatoms. The molecule has 1 spiro atoms. The summed E-state index contributed by atoms with van der Waals surface area (Å²) in [4.78, 5) is 30.1. The molecule has 29 heavy (non-hydrogen) atoms. The second kappa shape index (κ2) is 7.67. The number of piperidine rings is 1. The van der Waals surface area contributed by atoms with Crippen LogP contribution in [0.2, 0.25) is 0 Å². The number of hydrogen-bond donors (Lipinski definition) is 0. The molecule has 0 radical (unpaired) electrons. The average molecular weight is 406 g/mol. The molecule has 3 aliphatic rings. The number of hydrogen-bond acceptors (Lipinski definition) is 3. The Bertz CT molecular complexity index is 811. The van der Waals surface area contributed by atoms with Crippen molar-refractivity contribution in [2.75, 3.05) is 33.4 Å². The molecular weight excluding hydrogens is 378 g/mol. The van der Waals surface area contributed by atoms with Gasteiger partial charge in [0.1, 0.15) is 0 Å². The SMILES string of the molecule is COCC1(C(=O)N2CC[C@@]3(CCCN(Cc4ccc(F)c(F)c4)C3=O)C2)CCC1. The zero-order valence-corrected chi connectivity index (χ0v) is 16.9. The highest BCUT2D eigenvalue weighted by atomic mass is 19.2. The van der Waals surface area contributed by atoms with E-state index in [1.54, 1.807) is 12.0 Å². The maximum Gasteiger partial charge on any atom is 0.231 e. The van der Waals surface area contributed by atoms with Gasteiger partial charge in [-0.05, 0) is 49.8 Å². The highest BCUT2D eigenvalue weighted by Gasteiger charge is 2.53. The quantitative estimate of drug-likeness (QED) is 0.755. The van der Waals surface area contributed by atoms with Gasteiger partial charge in [-0.3, -0.25) is 9.59 Å². The van der Waals surface area contributed by atoms with Crippen molar-refractivity contribution in [2.24, 2.45) is 10.8 Å². The number of carbonyl (C=O) groups excluding carboxylic acids is 2. The lowest BCUT2D eigenvalue weighted by Crippen LogP contribution is -2.53. The molecule has 3 fully saturated rings. The Hall–Kier alpha value is -2.02. The maximum absolute atomic E-state index is 13.5. The highest BCUT2D eigenvalue weighted by molar-refractivity contribution is 5.88. The Morgan fingerprint density at radius 1 is 1.10 bits per heavy atom. The molecule has 0 N–H and O–H groups in total. The van der Waals surface area contributed by atoms with Gasteiger partial charge in [-0.2, -0.15) is 0 Å². The maximum atomic E-state index is 13.5. The van der Waals surface area contributed by atoms with Crippen LogP contribution in [0.3, 0.4) is 0 Å². The number of halogens is 2. The summed E-state index contributed by atoms with van der Waals surface area (Å²) in [5.74, 6) is -1.64. The summed E-state index contributed by atoms with van der Waals surface area (Å²) >= 11 is 0. The molecule has 1 aromatic rings. The second-order valence-corrected chi connectivity index (χ2v) is 8.90. The first-order valence-corrected chi connectivity index (χ1v) is 10.4. The fourth-order valence-corrected chi connectivity index (χ4v) is 5.22. The first-order chi connectivity index (χ1) is 13.9. The van der Waals surface area contributed by atoms with Gasteiger partial charge in [0.15, 0.2) is 11.6 Å². The van der Waals surface area contributed by atoms with E-state index in [1.807, 2.05) is 4.90 Å². The Morgan fingerprint density at radius 2 is 1.90 bits per heavy atom. The van der Waals surface area contributed by atoms with Gasteiger partial charge in [0.2, 0.25) is 11.8 Å². The van der Waals surface area contributed by atoms with Crippen LogP contribution in [-0.4, -0.2) is 55.0 Å². The average Bonchev–Trinajstić information content (AvgIpc) is 3.10.